The largest absolute Gasteiger partial charge is 0.338 e. The van der Waals surface area contributed by atoms with Crippen molar-refractivity contribution in [3.05, 3.63) is 11.7 Å². The molecule has 1 saturated heterocycles. The minimum atomic E-state index is 0.568. The highest BCUT2D eigenvalue weighted by atomic mass is 16.5. The van der Waals surface area contributed by atoms with Crippen LogP contribution in [0.1, 0.15) is 31.5 Å². The fourth-order valence-electron chi connectivity index (χ4n) is 2.30. The molecule has 2 heterocycles. The maximum absolute atomic E-state index is 5.15. The van der Waals surface area contributed by atoms with Crippen molar-refractivity contribution in [1.29, 1.82) is 0 Å². The number of nitrogens with zero attached hydrogens (tertiary/aromatic N) is 3. The van der Waals surface area contributed by atoms with E-state index in [0.29, 0.717) is 17.9 Å². The van der Waals surface area contributed by atoms with E-state index in [-0.39, 0.29) is 0 Å². The van der Waals surface area contributed by atoms with E-state index in [2.05, 4.69) is 27.3 Å². The Morgan fingerprint density at radius 2 is 2.38 bits per heavy atom. The lowest BCUT2D eigenvalue weighted by Crippen LogP contribution is -2.46. The molecule has 0 radical (unpaired) electrons. The van der Waals surface area contributed by atoms with Crippen LogP contribution >= 0.6 is 0 Å². The van der Waals surface area contributed by atoms with Gasteiger partial charge in [-0.3, -0.25) is 4.90 Å². The highest BCUT2D eigenvalue weighted by Crippen LogP contribution is 2.18. The molecule has 1 N–H and O–H groups in total. The first-order chi connectivity index (χ1) is 7.69. The number of piperidine rings is 1. The van der Waals surface area contributed by atoms with Crippen molar-refractivity contribution in [2.45, 2.75) is 45.3 Å². The Bertz CT molecular complexity index is 338. The SMILES string of the molecule is CNC1CCN(Cc2nc(C)no2)C(C)C1. The molecule has 2 unspecified atom stereocenters. The molecule has 0 amide bonds. The Morgan fingerprint density at radius 1 is 1.56 bits per heavy atom. The summed E-state index contributed by atoms with van der Waals surface area (Å²) in [4.78, 5) is 6.65. The number of aromatic nitrogens is 2. The quantitative estimate of drug-likeness (QED) is 0.828. The molecule has 0 aromatic carbocycles. The van der Waals surface area contributed by atoms with Crippen LogP contribution in [0.15, 0.2) is 4.52 Å². The Labute approximate surface area is 96.2 Å². The van der Waals surface area contributed by atoms with Crippen molar-refractivity contribution >= 4 is 0 Å². The van der Waals surface area contributed by atoms with Crippen LogP contribution in [0.25, 0.3) is 0 Å². The minimum absolute atomic E-state index is 0.568. The zero-order valence-electron chi connectivity index (χ0n) is 10.2. The van der Waals surface area contributed by atoms with Crippen LogP contribution in [0.5, 0.6) is 0 Å². The van der Waals surface area contributed by atoms with Crippen molar-refractivity contribution in [2.75, 3.05) is 13.6 Å². The van der Waals surface area contributed by atoms with E-state index in [4.69, 9.17) is 4.52 Å². The second-order valence-corrected chi connectivity index (χ2v) is 4.56. The fraction of sp³-hybridized carbons (Fsp3) is 0.818. The molecule has 1 aliphatic heterocycles. The topological polar surface area (TPSA) is 54.2 Å². The molecule has 1 aliphatic rings. The van der Waals surface area contributed by atoms with Crippen molar-refractivity contribution < 1.29 is 4.52 Å². The van der Waals surface area contributed by atoms with Crippen LogP contribution in [0.2, 0.25) is 0 Å². The van der Waals surface area contributed by atoms with Gasteiger partial charge in [-0.15, -0.1) is 0 Å². The van der Waals surface area contributed by atoms with E-state index >= 15 is 0 Å². The predicted molar refractivity (Wildman–Crippen MR) is 61.0 cm³/mol. The predicted octanol–water partition coefficient (Wildman–Crippen LogP) is 0.950. The molecule has 16 heavy (non-hydrogen) atoms. The van der Waals surface area contributed by atoms with Gasteiger partial charge < -0.3 is 9.84 Å². The summed E-state index contributed by atoms with van der Waals surface area (Å²) in [6.45, 7) is 5.98. The Hall–Kier alpha value is -0.940. The average Bonchev–Trinajstić information content (AvgIpc) is 2.67. The van der Waals surface area contributed by atoms with Gasteiger partial charge in [0, 0.05) is 18.6 Å². The van der Waals surface area contributed by atoms with Gasteiger partial charge >= 0.3 is 0 Å². The Balaban J connectivity index is 1.91. The molecule has 5 nitrogen and oxygen atoms in total. The molecule has 1 aromatic heterocycles. The van der Waals surface area contributed by atoms with Gasteiger partial charge in [-0.1, -0.05) is 5.16 Å². The summed E-state index contributed by atoms with van der Waals surface area (Å²) in [6, 6.07) is 1.22. The fourth-order valence-corrected chi connectivity index (χ4v) is 2.30. The third-order valence-electron chi connectivity index (χ3n) is 3.33. The van der Waals surface area contributed by atoms with Crippen LogP contribution < -0.4 is 5.32 Å². The van der Waals surface area contributed by atoms with Gasteiger partial charge in [0.25, 0.3) is 0 Å². The molecule has 2 atom stereocenters. The van der Waals surface area contributed by atoms with Crippen LogP contribution in [-0.2, 0) is 6.54 Å². The van der Waals surface area contributed by atoms with Crippen molar-refractivity contribution in [1.82, 2.24) is 20.4 Å². The maximum atomic E-state index is 5.15. The molecule has 0 saturated carbocycles. The highest BCUT2D eigenvalue weighted by molar-refractivity contribution is 4.87. The minimum Gasteiger partial charge on any atom is -0.338 e. The van der Waals surface area contributed by atoms with Crippen LogP contribution in [0, 0.1) is 6.92 Å². The van der Waals surface area contributed by atoms with Crippen molar-refractivity contribution in [3.8, 4) is 0 Å². The molecule has 0 bridgehead atoms. The summed E-state index contributed by atoms with van der Waals surface area (Å²) in [6.07, 6.45) is 2.37. The molecule has 5 heteroatoms. The summed E-state index contributed by atoms with van der Waals surface area (Å²) in [5, 5.41) is 7.16. The average molecular weight is 224 g/mol. The standard InChI is InChI=1S/C11H20N4O/c1-8-6-10(12-3)4-5-15(8)7-11-13-9(2)14-16-11/h8,10,12H,4-7H2,1-3H3. The summed E-state index contributed by atoms with van der Waals surface area (Å²) in [5.41, 5.74) is 0. The lowest BCUT2D eigenvalue weighted by Gasteiger charge is -2.36. The number of hydrogen-bond donors (Lipinski definition) is 1. The number of hydrogen-bond acceptors (Lipinski definition) is 5. The smallest absolute Gasteiger partial charge is 0.240 e. The van der Waals surface area contributed by atoms with E-state index in [0.717, 1.165) is 19.0 Å². The molecule has 1 aromatic rings. The van der Waals surface area contributed by atoms with Crippen LogP contribution in [0.3, 0.4) is 0 Å². The Kier molecular flexibility index (Phi) is 3.56. The van der Waals surface area contributed by atoms with E-state index in [1.807, 2.05) is 14.0 Å². The summed E-state index contributed by atoms with van der Waals surface area (Å²) < 4.78 is 5.15. The third-order valence-corrected chi connectivity index (χ3v) is 3.33. The number of nitrogens with one attached hydrogen (secondary N) is 1. The first kappa shape index (κ1) is 11.5. The van der Waals surface area contributed by atoms with Crippen molar-refractivity contribution in [3.63, 3.8) is 0 Å². The van der Waals surface area contributed by atoms with E-state index in [1.54, 1.807) is 0 Å². The van der Waals surface area contributed by atoms with Crippen LogP contribution in [-0.4, -0.2) is 40.7 Å². The second-order valence-electron chi connectivity index (χ2n) is 4.56. The van der Waals surface area contributed by atoms with E-state index < -0.39 is 0 Å². The normalized spacial score (nSPS) is 27.2. The van der Waals surface area contributed by atoms with Crippen molar-refractivity contribution in [2.24, 2.45) is 0 Å². The molecular formula is C11H20N4O. The zero-order chi connectivity index (χ0) is 11.5. The van der Waals surface area contributed by atoms with Crippen LogP contribution in [0.4, 0.5) is 0 Å². The molecule has 0 aliphatic carbocycles. The summed E-state index contributed by atoms with van der Waals surface area (Å²) in [7, 11) is 2.04. The third kappa shape index (κ3) is 2.59. The van der Waals surface area contributed by atoms with Gasteiger partial charge in [0.05, 0.1) is 6.54 Å². The van der Waals surface area contributed by atoms with E-state index in [1.165, 1.54) is 12.8 Å². The molecule has 0 spiro atoms. The Morgan fingerprint density at radius 3 is 2.94 bits per heavy atom. The van der Waals surface area contributed by atoms with Gasteiger partial charge in [0.2, 0.25) is 5.89 Å². The number of rotatable bonds is 3. The van der Waals surface area contributed by atoms with Gasteiger partial charge in [-0.25, -0.2) is 0 Å². The monoisotopic (exact) mass is 224 g/mol. The second kappa shape index (κ2) is 4.93. The molecule has 90 valence electrons. The molecular weight excluding hydrogens is 204 g/mol. The van der Waals surface area contributed by atoms with Gasteiger partial charge in [-0.05, 0) is 33.7 Å². The molecule has 1 fully saturated rings. The lowest BCUT2D eigenvalue weighted by atomic mass is 9.98. The maximum Gasteiger partial charge on any atom is 0.240 e. The number of aryl methyl sites for hydroxylation is 1. The number of likely N-dealkylation sites (tertiary alicyclic amines) is 1. The highest BCUT2D eigenvalue weighted by Gasteiger charge is 2.25. The summed E-state index contributed by atoms with van der Waals surface area (Å²) in [5.74, 6) is 1.44. The molecule has 2 rings (SSSR count). The summed E-state index contributed by atoms with van der Waals surface area (Å²) >= 11 is 0. The van der Waals surface area contributed by atoms with E-state index in [9.17, 15) is 0 Å². The van der Waals surface area contributed by atoms with Gasteiger partial charge in [0.15, 0.2) is 5.82 Å². The van der Waals surface area contributed by atoms with Gasteiger partial charge in [0.1, 0.15) is 0 Å². The first-order valence-electron chi connectivity index (χ1n) is 5.89. The zero-order valence-corrected chi connectivity index (χ0v) is 10.2. The lowest BCUT2D eigenvalue weighted by molar-refractivity contribution is 0.117. The first-order valence-corrected chi connectivity index (χ1v) is 5.89. The van der Waals surface area contributed by atoms with Gasteiger partial charge in [-0.2, -0.15) is 4.98 Å².